The van der Waals surface area contributed by atoms with Gasteiger partial charge >= 0.3 is 11.7 Å². The Morgan fingerprint density at radius 3 is 2.42 bits per heavy atom. The number of ether oxygens (including phenoxy) is 1. The number of aromatic hydroxyl groups is 1. The van der Waals surface area contributed by atoms with Crippen LogP contribution in [0.5, 0.6) is 5.88 Å². The third-order valence-corrected chi connectivity index (χ3v) is 3.59. The number of aromatic nitrogens is 2. The molecule has 1 N–H and O–H groups in total. The summed E-state index contributed by atoms with van der Waals surface area (Å²) in [6.45, 7) is 1.51. The Kier molecular flexibility index (Phi) is 4.68. The van der Waals surface area contributed by atoms with Crippen LogP contribution in [-0.4, -0.2) is 33.0 Å². The molecule has 1 heterocycles. The van der Waals surface area contributed by atoms with Gasteiger partial charge in [0.05, 0.1) is 24.1 Å². The van der Waals surface area contributed by atoms with E-state index in [-0.39, 0.29) is 22.5 Å². The average Bonchev–Trinajstić information content (AvgIpc) is 2.58. The number of carbonyl (C=O) groups excluding carboxylic acids is 1. The van der Waals surface area contributed by atoms with Crippen LogP contribution in [0, 0.1) is 0 Å². The summed E-state index contributed by atoms with van der Waals surface area (Å²) in [6, 6.07) is 6.45. The molecule has 8 heteroatoms. The van der Waals surface area contributed by atoms with E-state index in [1.54, 1.807) is 18.2 Å². The fraction of sp³-hybridized carbons (Fsp3) is 0.250. The number of methoxy groups -OCH3 is 1. The highest BCUT2D eigenvalue weighted by Gasteiger charge is 2.18. The highest BCUT2D eigenvalue weighted by atomic mass is 16.5. The minimum atomic E-state index is -0.674. The second-order valence-electron chi connectivity index (χ2n) is 5.11. The summed E-state index contributed by atoms with van der Waals surface area (Å²) < 4.78 is 6.52. The van der Waals surface area contributed by atoms with Crippen LogP contribution in [0.2, 0.25) is 0 Å². The first-order chi connectivity index (χ1) is 11.3. The first-order valence-corrected chi connectivity index (χ1v) is 7.01. The molecule has 0 fully saturated rings. The lowest BCUT2D eigenvalue weighted by molar-refractivity contribution is 0.0601. The summed E-state index contributed by atoms with van der Waals surface area (Å²) in [5.74, 6) is -1.06. The van der Waals surface area contributed by atoms with Crippen molar-refractivity contribution >= 4 is 17.4 Å². The van der Waals surface area contributed by atoms with Crippen molar-refractivity contribution in [2.75, 3.05) is 7.11 Å². The molecule has 0 amide bonds. The topological polar surface area (TPSA) is 103 Å². The third kappa shape index (κ3) is 2.85. The molecule has 0 saturated carbocycles. The van der Waals surface area contributed by atoms with Crippen LogP contribution in [0.4, 0.5) is 5.69 Å². The zero-order valence-electron chi connectivity index (χ0n) is 13.7. The van der Waals surface area contributed by atoms with Gasteiger partial charge in [-0.2, -0.15) is 0 Å². The first-order valence-electron chi connectivity index (χ1n) is 7.01. The van der Waals surface area contributed by atoms with Gasteiger partial charge in [0.1, 0.15) is 5.56 Å². The van der Waals surface area contributed by atoms with Crippen LogP contribution in [-0.2, 0) is 18.8 Å². The fourth-order valence-corrected chi connectivity index (χ4v) is 2.24. The summed E-state index contributed by atoms with van der Waals surface area (Å²) in [5, 5.41) is 10.1. The number of hydrogen-bond acceptors (Lipinski definition) is 6. The molecule has 0 aliphatic heterocycles. The first kappa shape index (κ1) is 17.2. The van der Waals surface area contributed by atoms with Gasteiger partial charge < -0.3 is 9.84 Å². The zero-order valence-corrected chi connectivity index (χ0v) is 13.7. The van der Waals surface area contributed by atoms with Gasteiger partial charge in [-0.25, -0.2) is 9.59 Å². The molecule has 0 bridgehead atoms. The van der Waals surface area contributed by atoms with Gasteiger partial charge in [-0.1, -0.05) is 12.1 Å². The highest BCUT2D eigenvalue weighted by molar-refractivity contribution is 6.03. The Hall–Kier alpha value is -3.16. The molecule has 0 aliphatic rings. The summed E-state index contributed by atoms with van der Waals surface area (Å²) in [4.78, 5) is 40.1. The fourth-order valence-electron chi connectivity index (χ4n) is 2.24. The molecule has 24 heavy (non-hydrogen) atoms. The lowest BCUT2D eigenvalue weighted by atomic mass is 10.1. The van der Waals surface area contributed by atoms with Gasteiger partial charge in [0.25, 0.3) is 5.56 Å². The molecule has 0 spiro atoms. The maximum atomic E-state index is 12.3. The minimum Gasteiger partial charge on any atom is -0.494 e. The number of aliphatic imine (C=N–C) groups is 1. The zero-order chi connectivity index (χ0) is 18.0. The lowest BCUT2D eigenvalue weighted by Crippen LogP contribution is -2.39. The standard InChI is InChI=1S/C16H17N3O5/c1-9(12-13(20)18(2)16(23)19(3)14(12)21)17-11-8-6-5-7-10(11)15(22)24-4/h5-8,20H,1-4H3. The van der Waals surface area contributed by atoms with E-state index in [9.17, 15) is 19.5 Å². The number of para-hydroxylation sites is 1. The Labute approximate surface area is 137 Å². The number of hydrogen-bond donors (Lipinski definition) is 1. The van der Waals surface area contributed by atoms with Crippen molar-refractivity contribution in [3.8, 4) is 5.88 Å². The van der Waals surface area contributed by atoms with Crippen LogP contribution in [0.25, 0.3) is 0 Å². The lowest BCUT2D eigenvalue weighted by Gasteiger charge is -2.10. The Morgan fingerprint density at radius 1 is 1.17 bits per heavy atom. The number of nitrogens with zero attached hydrogens (tertiary/aromatic N) is 3. The molecule has 1 aromatic heterocycles. The molecule has 2 aromatic rings. The molecule has 0 radical (unpaired) electrons. The maximum Gasteiger partial charge on any atom is 0.340 e. The van der Waals surface area contributed by atoms with E-state index in [1.807, 2.05) is 0 Å². The van der Waals surface area contributed by atoms with E-state index in [1.165, 1.54) is 34.2 Å². The van der Waals surface area contributed by atoms with Gasteiger partial charge in [-0.3, -0.25) is 18.9 Å². The van der Waals surface area contributed by atoms with Gasteiger partial charge in [-0.15, -0.1) is 0 Å². The minimum absolute atomic E-state index is 0.112. The monoisotopic (exact) mass is 331 g/mol. The molecule has 8 nitrogen and oxygen atoms in total. The predicted molar refractivity (Wildman–Crippen MR) is 88.2 cm³/mol. The predicted octanol–water partition coefficient (Wildman–Crippen LogP) is 0.717. The van der Waals surface area contributed by atoms with Gasteiger partial charge in [0.15, 0.2) is 0 Å². The molecule has 1 aromatic carbocycles. The normalized spacial score (nSPS) is 11.4. The average molecular weight is 331 g/mol. The molecule has 126 valence electrons. The highest BCUT2D eigenvalue weighted by Crippen LogP contribution is 2.21. The molecule has 0 saturated heterocycles. The summed E-state index contributed by atoms with van der Waals surface area (Å²) in [6.07, 6.45) is 0. The quantitative estimate of drug-likeness (QED) is 0.659. The molecular formula is C16H17N3O5. The van der Waals surface area contributed by atoms with Gasteiger partial charge in [-0.05, 0) is 19.1 Å². The van der Waals surface area contributed by atoms with E-state index < -0.39 is 23.1 Å². The third-order valence-electron chi connectivity index (χ3n) is 3.59. The van der Waals surface area contributed by atoms with E-state index >= 15 is 0 Å². The van der Waals surface area contributed by atoms with Crippen LogP contribution >= 0.6 is 0 Å². The van der Waals surface area contributed by atoms with E-state index in [2.05, 4.69) is 4.99 Å². The van der Waals surface area contributed by atoms with E-state index in [0.29, 0.717) is 0 Å². The number of carbonyl (C=O) groups is 1. The van der Waals surface area contributed by atoms with E-state index in [0.717, 1.165) is 9.13 Å². The van der Waals surface area contributed by atoms with Crippen molar-refractivity contribution in [1.29, 1.82) is 0 Å². The van der Waals surface area contributed by atoms with E-state index in [4.69, 9.17) is 4.74 Å². The number of benzene rings is 1. The molecule has 0 atom stereocenters. The SMILES string of the molecule is COC(=O)c1ccccc1N=C(C)c1c(O)n(C)c(=O)n(C)c1=O. The largest absolute Gasteiger partial charge is 0.494 e. The van der Waals surface area contributed by atoms with Crippen molar-refractivity contribution in [1.82, 2.24) is 9.13 Å². The summed E-state index contributed by atoms with van der Waals surface area (Å²) in [5.41, 5.74) is -0.756. The summed E-state index contributed by atoms with van der Waals surface area (Å²) >= 11 is 0. The van der Waals surface area contributed by atoms with Gasteiger partial charge in [0.2, 0.25) is 5.88 Å². The van der Waals surface area contributed by atoms with Crippen molar-refractivity contribution < 1.29 is 14.6 Å². The van der Waals surface area contributed by atoms with Crippen LogP contribution in [0.15, 0.2) is 38.8 Å². The molecule has 0 aliphatic carbocycles. The second-order valence-corrected chi connectivity index (χ2v) is 5.11. The van der Waals surface area contributed by atoms with Crippen molar-refractivity contribution in [3.05, 3.63) is 56.2 Å². The van der Waals surface area contributed by atoms with Crippen molar-refractivity contribution in [3.63, 3.8) is 0 Å². The number of esters is 1. The maximum absolute atomic E-state index is 12.3. The van der Waals surface area contributed by atoms with Crippen LogP contribution < -0.4 is 11.2 Å². The van der Waals surface area contributed by atoms with Gasteiger partial charge in [0, 0.05) is 14.1 Å². The van der Waals surface area contributed by atoms with Crippen molar-refractivity contribution in [2.24, 2.45) is 19.1 Å². The number of rotatable bonds is 3. The smallest absolute Gasteiger partial charge is 0.340 e. The van der Waals surface area contributed by atoms with Crippen LogP contribution in [0.3, 0.4) is 0 Å². The second kappa shape index (κ2) is 6.53. The molecular weight excluding hydrogens is 314 g/mol. The summed E-state index contributed by atoms with van der Waals surface area (Å²) in [7, 11) is 3.91. The van der Waals surface area contributed by atoms with Crippen LogP contribution in [0.1, 0.15) is 22.8 Å². The Bertz CT molecular complexity index is 953. The Morgan fingerprint density at radius 2 is 1.79 bits per heavy atom. The van der Waals surface area contributed by atoms with Crippen molar-refractivity contribution in [2.45, 2.75) is 6.92 Å². The molecule has 0 unspecified atom stereocenters. The Balaban J connectivity index is 2.70. The molecule has 2 rings (SSSR count).